The third-order valence-corrected chi connectivity index (χ3v) is 4.74. The van der Waals surface area contributed by atoms with Gasteiger partial charge in [-0.1, -0.05) is 0 Å². The average Bonchev–Trinajstić information content (AvgIpc) is 3.09. The molecule has 3 heterocycles. The summed E-state index contributed by atoms with van der Waals surface area (Å²) < 4.78 is 0. The summed E-state index contributed by atoms with van der Waals surface area (Å²) >= 11 is 0. The van der Waals surface area contributed by atoms with E-state index in [9.17, 15) is 4.79 Å². The Morgan fingerprint density at radius 3 is 2.76 bits per heavy atom. The van der Waals surface area contributed by atoms with E-state index < -0.39 is 0 Å². The predicted octanol–water partition coefficient (Wildman–Crippen LogP) is 3.51. The fourth-order valence-electron chi connectivity index (χ4n) is 3.44. The maximum absolute atomic E-state index is 12.5. The highest BCUT2D eigenvalue weighted by Gasteiger charge is 2.18. The van der Waals surface area contributed by atoms with Crippen LogP contribution in [-0.2, 0) is 0 Å². The first-order chi connectivity index (χ1) is 12.2. The SMILES string of the molecule is Cc1[nH]cnc1C(=O)Nc1ccc(N2CCCCC2)c2cccnc12. The number of hydrogen-bond donors (Lipinski definition) is 2. The summed E-state index contributed by atoms with van der Waals surface area (Å²) in [6, 6.07) is 8.04. The van der Waals surface area contributed by atoms with Crippen LogP contribution in [0.3, 0.4) is 0 Å². The van der Waals surface area contributed by atoms with Crippen molar-refractivity contribution in [2.45, 2.75) is 26.2 Å². The van der Waals surface area contributed by atoms with Crippen molar-refractivity contribution in [1.29, 1.82) is 0 Å². The zero-order valence-corrected chi connectivity index (χ0v) is 14.2. The molecule has 0 spiro atoms. The molecule has 128 valence electrons. The van der Waals surface area contributed by atoms with Crippen molar-refractivity contribution in [1.82, 2.24) is 15.0 Å². The molecule has 6 heteroatoms. The lowest BCUT2D eigenvalue weighted by Crippen LogP contribution is -2.29. The van der Waals surface area contributed by atoms with E-state index in [1.54, 1.807) is 6.20 Å². The van der Waals surface area contributed by atoms with Gasteiger partial charge in [0.05, 0.1) is 17.5 Å². The lowest BCUT2D eigenvalue weighted by atomic mass is 10.1. The van der Waals surface area contributed by atoms with Gasteiger partial charge in [-0.2, -0.15) is 0 Å². The molecule has 1 aliphatic heterocycles. The molecule has 1 amide bonds. The van der Waals surface area contributed by atoms with Gasteiger partial charge in [0.25, 0.3) is 5.91 Å². The maximum Gasteiger partial charge on any atom is 0.276 e. The molecule has 1 fully saturated rings. The molecule has 2 aromatic heterocycles. The molecule has 25 heavy (non-hydrogen) atoms. The van der Waals surface area contributed by atoms with Gasteiger partial charge in [0.15, 0.2) is 0 Å². The highest BCUT2D eigenvalue weighted by atomic mass is 16.1. The Balaban J connectivity index is 1.71. The highest BCUT2D eigenvalue weighted by Crippen LogP contribution is 2.32. The number of amides is 1. The number of pyridine rings is 1. The van der Waals surface area contributed by atoms with Crippen LogP contribution in [0.2, 0.25) is 0 Å². The Bertz CT molecular complexity index is 911. The molecule has 1 saturated heterocycles. The van der Waals surface area contributed by atoms with Gasteiger partial charge in [0.1, 0.15) is 5.69 Å². The monoisotopic (exact) mass is 335 g/mol. The molecule has 0 unspecified atom stereocenters. The maximum atomic E-state index is 12.5. The Labute approximate surface area is 146 Å². The van der Waals surface area contributed by atoms with Gasteiger partial charge in [0, 0.05) is 36.1 Å². The number of H-pyrrole nitrogens is 1. The lowest BCUT2D eigenvalue weighted by molar-refractivity contribution is 0.102. The van der Waals surface area contributed by atoms with Crippen LogP contribution in [0.15, 0.2) is 36.8 Å². The summed E-state index contributed by atoms with van der Waals surface area (Å²) in [7, 11) is 0. The van der Waals surface area contributed by atoms with Crippen molar-refractivity contribution in [2.75, 3.05) is 23.3 Å². The molecule has 3 aromatic rings. The molecule has 1 aliphatic rings. The number of fused-ring (bicyclic) bond motifs is 1. The number of nitrogens with one attached hydrogen (secondary N) is 2. The van der Waals surface area contributed by atoms with Crippen molar-refractivity contribution < 1.29 is 4.79 Å². The van der Waals surface area contributed by atoms with E-state index >= 15 is 0 Å². The second kappa shape index (κ2) is 6.55. The van der Waals surface area contributed by atoms with Crippen molar-refractivity contribution in [2.24, 2.45) is 0 Å². The number of piperidine rings is 1. The number of imidazole rings is 1. The smallest absolute Gasteiger partial charge is 0.276 e. The van der Waals surface area contributed by atoms with Crippen LogP contribution in [-0.4, -0.2) is 33.9 Å². The van der Waals surface area contributed by atoms with E-state index in [4.69, 9.17) is 0 Å². The minimum Gasteiger partial charge on any atom is -0.371 e. The summed E-state index contributed by atoms with van der Waals surface area (Å²) in [5.74, 6) is -0.226. The summed E-state index contributed by atoms with van der Waals surface area (Å²) in [4.78, 5) is 26.4. The predicted molar refractivity (Wildman–Crippen MR) is 99.1 cm³/mol. The second-order valence-corrected chi connectivity index (χ2v) is 6.41. The Morgan fingerprint density at radius 1 is 1.16 bits per heavy atom. The van der Waals surface area contributed by atoms with Gasteiger partial charge in [-0.3, -0.25) is 9.78 Å². The Kier molecular flexibility index (Phi) is 4.09. The van der Waals surface area contributed by atoms with E-state index in [0.29, 0.717) is 11.4 Å². The average molecular weight is 335 g/mol. The Morgan fingerprint density at radius 2 is 2.00 bits per heavy atom. The molecule has 0 bridgehead atoms. The normalized spacial score (nSPS) is 14.7. The number of anilines is 2. The van der Waals surface area contributed by atoms with Crippen LogP contribution in [0.4, 0.5) is 11.4 Å². The molecule has 6 nitrogen and oxygen atoms in total. The van der Waals surface area contributed by atoms with Gasteiger partial charge in [0.2, 0.25) is 0 Å². The van der Waals surface area contributed by atoms with Crippen LogP contribution < -0.4 is 10.2 Å². The number of rotatable bonds is 3. The quantitative estimate of drug-likeness (QED) is 0.768. The van der Waals surface area contributed by atoms with Crippen LogP contribution in [0.25, 0.3) is 10.9 Å². The fraction of sp³-hybridized carbons (Fsp3) is 0.316. The third kappa shape index (κ3) is 2.95. The van der Waals surface area contributed by atoms with E-state index in [1.165, 1.54) is 31.3 Å². The highest BCUT2D eigenvalue weighted by molar-refractivity contribution is 6.09. The second-order valence-electron chi connectivity index (χ2n) is 6.41. The van der Waals surface area contributed by atoms with E-state index in [0.717, 1.165) is 29.7 Å². The zero-order valence-electron chi connectivity index (χ0n) is 14.2. The van der Waals surface area contributed by atoms with Crippen molar-refractivity contribution in [3.63, 3.8) is 0 Å². The van der Waals surface area contributed by atoms with Gasteiger partial charge >= 0.3 is 0 Å². The lowest BCUT2D eigenvalue weighted by Gasteiger charge is -2.30. The molecule has 2 N–H and O–H groups in total. The van der Waals surface area contributed by atoms with Crippen molar-refractivity contribution >= 4 is 28.2 Å². The summed E-state index contributed by atoms with van der Waals surface area (Å²) in [5.41, 5.74) is 3.87. The van der Waals surface area contributed by atoms with Crippen molar-refractivity contribution in [3.05, 3.63) is 48.2 Å². The topological polar surface area (TPSA) is 73.9 Å². The summed E-state index contributed by atoms with van der Waals surface area (Å²) in [5, 5.41) is 4.03. The fourth-order valence-corrected chi connectivity index (χ4v) is 3.44. The number of aromatic amines is 1. The first-order valence-corrected chi connectivity index (χ1v) is 8.68. The first-order valence-electron chi connectivity index (χ1n) is 8.68. The third-order valence-electron chi connectivity index (χ3n) is 4.74. The summed E-state index contributed by atoms with van der Waals surface area (Å²) in [6.45, 7) is 3.97. The van der Waals surface area contributed by atoms with Crippen LogP contribution in [0, 0.1) is 6.92 Å². The summed E-state index contributed by atoms with van der Waals surface area (Å²) in [6.07, 6.45) is 7.03. The standard InChI is InChI=1S/C19H21N5O/c1-13-17(22-12-21-13)19(25)23-15-7-8-16(24-10-3-2-4-11-24)14-6-5-9-20-18(14)15/h5-9,12H,2-4,10-11H2,1H3,(H,21,22)(H,23,25). The largest absolute Gasteiger partial charge is 0.371 e. The first kappa shape index (κ1) is 15.6. The van der Waals surface area contributed by atoms with Gasteiger partial charge < -0.3 is 15.2 Å². The number of hydrogen-bond acceptors (Lipinski definition) is 4. The Hall–Kier alpha value is -2.89. The molecule has 0 saturated carbocycles. The van der Waals surface area contributed by atoms with E-state index in [-0.39, 0.29) is 5.91 Å². The number of benzene rings is 1. The minimum absolute atomic E-state index is 0.226. The van der Waals surface area contributed by atoms with Crippen LogP contribution in [0.5, 0.6) is 0 Å². The number of aryl methyl sites for hydroxylation is 1. The molecule has 0 aliphatic carbocycles. The molecule has 0 radical (unpaired) electrons. The minimum atomic E-state index is -0.226. The van der Waals surface area contributed by atoms with Gasteiger partial charge in [-0.25, -0.2) is 4.98 Å². The molecule has 1 aromatic carbocycles. The number of carbonyl (C=O) groups is 1. The van der Waals surface area contributed by atoms with Crippen LogP contribution >= 0.6 is 0 Å². The number of nitrogens with zero attached hydrogens (tertiary/aromatic N) is 3. The number of aromatic nitrogens is 3. The van der Waals surface area contributed by atoms with E-state index in [2.05, 4.69) is 37.3 Å². The zero-order chi connectivity index (χ0) is 17.2. The molecule has 4 rings (SSSR count). The number of carbonyl (C=O) groups excluding carboxylic acids is 1. The molecular weight excluding hydrogens is 314 g/mol. The van der Waals surface area contributed by atoms with Gasteiger partial charge in [-0.05, 0) is 50.5 Å². The van der Waals surface area contributed by atoms with Gasteiger partial charge in [-0.15, -0.1) is 0 Å². The van der Waals surface area contributed by atoms with Crippen molar-refractivity contribution in [3.8, 4) is 0 Å². The molecular formula is C19H21N5O. The molecule has 0 atom stereocenters. The van der Waals surface area contributed by atoms with E-state index in [1.807, 2.05) is 19.1 Å². The van der Waals surface area contributed by atoms with Crippen LogP contribution in [0.1, 0.15) is 35.4 Å².